The summed E-state index contributed by atoms with van der Waals surface area (Å²) < 4.78 is 5.38. The number of rotatable bonds is 4. The number of aromatic amines is 1. The molecule has 0 radical (unpaired) electrons. The minimum atomic E-state index is -0.0471. The van der Waals surface area contributed by atoms with E-state index in [-0.39, 0.29) is 11.8 Å². The van der Waals surface area contributed by atoms with Crippen LogP contribution in [0.2, 0.25) is 0 Å². The van der Waals surface area contributed by atoms with E-state index in [0.717, 1.165) is 35.7 Å². The van der Waals surface area contributed by atoms with Crippen molar-refractivity contribution < 1.29 is 9.53 Å². The molecule has 0 saturated carbocycles. The summed E-state index contributed by atoms with van der Waals surface area (Å²) in [5.41, 5.74) is 2.68. The van der Waals surface area contributed by atoms with Gasteiger partial charge in [-0.3, -0.25) is 4.79 Å². The van der Waals surface area contributed by atoms with E-state index in [4.69, 9.17) is 4.74 Å². The highest BCUT2D eigenvalue weighted by Crippen LogP contribution is 2.24. The Kier molecular flexibility index (Phi) is 3.85. The second kappa shape index (κ2) is 5.95. The maximum absolute atomic E-state index is 12.3. The fraction of sp³-hybridized carbons (Fsp3) is 0.400. The number of nitrogens with one attached hydrogen (secondary N) is 2. The minimum Gasteiger partial charge on any atom is -0.494 e. The Morgan fingerprint density at radius 3 is 2.86 bits per heavy atom. The zero-order chi connectivity index (χ0) is 14.7. The molecule has 0 fully saturated rings. The van der Waals surface area contributed by atoms with Crippen LogP contribution in [0.5, 0.6) is 5.75 Å². The van der Waals surface area contributed by atoms with Gasteiger partial charge in [-0.1, -0.05) is 0 Å². The molecule has 1 heterocycles. The Labute approximate surface area is 122 Å². The predicted molar refractivity (Wildman–Crippen MR) is 78.1 cm³/mol. The first-order chi connectivity index (χ1) is 10.3. The molecule has 1 aliphatic rings. The molecule has 0 aliphatic heterocycles. The molecule has 6 nitrogen and oxygen atoms in total. The molecule has 1 aromatic carbocycles. The number of nitrogens with zero attached hydrogens (tertiary/aromatic N) is 2. The first kappa shape index (κ1) is 13.6. The van der Waals surface area contributed by atoms with Crippen molar-refractivity contribution in [1.82, 2.24) is 15.4 Å². The molecule has 1 amide bonds. The van der Waals surface area contributed by atoms with Gasteiger partial charge in [0.05, 0.1) is 18.0 Å². The molecule has 0 bridgehead atoms. The van der Waals surface area contributed by atoms with Gasteiger partial charge in [0.1, 0.15) is 5.75 Å². The quantitative estimate of drug-likeness (QED) is 0.900. The molecule has 1 atom stereocenters. The van der Waals surface area contributed by atoms with Crippen molar-refractivity contribution in [2.75, 3.05) is 11.9 Å². The Balaban J connectivity index is 1.61. The van der Waals surface area contributed by atoms with Gasteiger partial charge in [-0.2, -0.15) is 15.4 Å². The summed E-state index contributed by atoms with van der Waals surface area (Å²) in [6.45, 7) is 2.57. The number of H-pyrrole nitrogens is 1. The van der Waals surface area contributed by atoms with Crippen molar-refractivity contribution >= 4 is 11.6 Å². The Morgan fingerprint density at radius 2 is 2.10 bits per heavy atom. The van der Waals surface area contributed by atoms with E-state index in [1.807, 2.05) is 31.2 Å². The third kappa shape index (κ3) is 3.04. The van der Waals surface area contributed by atoms with Gasteiger partial charge in [0.25, 0.3) is 0 Å². The van der Waals surface area contributed by atoms with Crippen molar-refractivity contribution in [2.24, 2.45) is 5.92 Å². The topological polar surface area (TPSA) is 79.9 Å². The molecule has 1 aromatic heterocycles. The highest BCUT2D eigenvalue weighted by atomic mass is 16.5. The molecule has 3 rings (SSSR count). The number of aromatic nitrogens is 3. The number of carbonyl (C=O) groups is 1. The average Bonchev–Trinajstić information content (AvgIpc) is 2.97. The second-order valence-electron chi connectivity index (χ2n) is 5.10. The molecule has 110 valence electrons. The molecule has 0 saturated heterocycles. The van der Waals surface area contributed by atoms with Crippen LogP contribution in [0.1, 0.15) is 24.7 Å². The SMILES string of the molecule is CCOc1ccc(NC(=O)C2CCc3n[nH]nc3C2)cc1. The molecule has 1 unspecified atom stereocenters. The van der Waals surface area contributed by atoms with Crippen molar-refractivity contribution in [3.8, 4) is 5.75 Å². The summed E-state index contributed by atoms with van der Waals surface area (Å²) in [6.07, 6.45) is 2.25. The average molecular weight is 286 g/mol. The summed E-state index contributed by atoms with van der Waals surface area (Å²) in [5, 5.41) is 13.7. The normalized spacial score (nSPS) is 17.1. The van der Waals surface area contributed by atoms with Crippen LogP contribution in [0.3, 0.4) is 0 Å². The number of hydrogen-bond acceptors (Lipinski definition) is 4. The second-order valence-corrected chi connectivity index (χ2v) is 5.10. The zero-order valence-electron chi connectivity index (χ0n) is 11.9. The van der Waals surface area contributed by atoms with Gasteiger partial charge >= 0.3 is 0 Å². The van der Waals surface area contributed by atoms with Gasteiger partial charge in [-0.05, 0) is 44.0 Å². The third-order valence-electron chi connectivity index (χ3n) is 3.68. The zero-order valence-corrected chi connectivity index (χ0v) is 11.9. The molecular weight excluding hydrogens is 268 g/mol. The maximum atomic E-state index is 12.3. The van der Waals surface area contributed by atoms with Crippen LogP contribution in [0.4, 0.5) is 5.69 Å². The van der Waals surface area contributed by atoms with Crippen LogP contribution >= 0.6 is 0 Å². The first-order valence-electron chi connectivity index (χ1n) is 7.18. The summed E-state index contributed by atoms with van der Waals surface area (Å²) in [5.74, 6) is 0.794. The summed E-state index contributed by atoms with van der Waals surface area (Å²) in [6, 6.07) is 7.42. The number of amides is 1. The highest BCUT2D eigenvalue weighted by Gasteiger charge is 2.27. The van der Waals surface area contributed by atoms with Gasteiger partial charge in [-0.15, -0.1) is 0 Å². The van der Waals surface area contributed by atoms with E-state index in [1.165, 1.54) is 0 Å². The van der Waals surface area contributed by atoms with Crippen molar-refractivity contribution in [2.45, 2.75) is 26.2 Å². The van der Waals surface area contributed by atoms with Gasteiger partial charge in [-0.25, -0.2) is 0 Å². The number of hydrogen-bond donors (Lipinski definition) is 2. The van der Waals surface area contributed by atoms with Crippen LogP contribution in [-0.2, 0) is 17.6 Å². The minimum absolute atomic E-state index is 0.0350. The lowest BCUT2D eigenvalue weighted by Crippen LogP contribution is -2.28. The van der Waals surface area contributed by atoms with Gasteiger partial charge in [0, 0.05) is 18.0 Å². The van der Waals surface area contributed by atoms with Crippen LogP contribution < -0.4 is 10.1 Å². The lowest BCUT2D eigenvalue weighted by molar-refractivity contribution is -0.120. The number of carbonyl (C=O) groups excluding carboxylic acids is 1. The standard InChI is InChI=1S/C15H18N4O2/c1-2-21-12-6-4-11(5-7-12)16-15(20)10-3-8-13-14(9-10)18-19-17-13/h4-7,10H,2-3,8-9H2,1H3,(H,16,20)(H,17,18,19). The number of benzene rings is 1. The van der Waals surface area contributed by atoms with Crippen molar-refractivity contribution in [1.29, 1.82) is 0 Å². The molecule has 2 N–H and O–H groups in total. The molecule has 6 heteroatoms. The van der Waals surface area contributed by atoms with E-state index in [0.29, 0.717) is 13.0 Å². The van der Waals surface area contributed by atoms with Crippen molar-refractivity contribution in [3.05, 3.63) is 35.7 Å². The Bertz CT molecular complexity index is 621. The fourth-order valence-electron chi connectivity index (χ4n) is 2.55. The molecule has 21 heavy (non-hydrogen) atoms. The van der Waals surface area contributed by atoms with Crippen molar-refractivity contribution in [3.63, 3.8) is 0 Å². The molecule has 0 spiro atoms. The van der Waals surface area contributed by atoms with E-state index < -0.39 is 0 Å². The van der Waals surface area contributed by atoms with E-state index in [1.54, 1.807) is 0 Å². The summed E-state index contributed by atoms with van der Waals surface area (Å²) >= 11 is 0. The molecule has 2 aromatic rings. The number of fused-ring (bicyclic) bond motifs is 1. The van der Waals surface area contributed by atoms with Crippen LogP contribution in [-0.4, -0.2) is 27.9 Å². The van der Waals surface area contributed by atoms with Gasteiger partial charge < -0.3 is 10.1 Å². The third-order valence-corrected chi connectivity index (χ3v) is 3.68. The van der Waals surface area contributed by atoms with Gasteiger partial charge in [0.15, 0.2) is 0 Å². The lowest BCUT2D eigenvalue weighted by Gasteiger charge is -2.19. The smallest absolute Gasteiger partial charge is 0.227 e. The largest absolute Gasteiger partial charge is 0.494 e. The van der Waals surface area contributed by atoms with Crippen LogP contribution in [0.15, 0.2) is 24.3 Å². The first-order valence-corrected chi connectivity index (χ1v) is 7.18. The lowest BCUT2D eigenvalue weighted by atomic mass is 9.89. The number of anilines is 1. The Hall–Kier alpha value is -2.37. The number of aryl methyl sites for hydroxylation is 1. The van der Waals surface area contributed by atoms with E-state index in [9.17, 15) is 4.79 Å². The molecular formula is C15H18N4O2. The highest BCUT2D eigenvalue weighted by molar-refractivity contribution is 5.92. The fourth-order valence-corrected chi connectivity index (χ4v) is 2.55. The molecule has 1 aliphatic carbocycles. The van der Waals surface area contributed by atoms with Crippen LogP contribution in [0, 0.1) is 5.92 Å². The maximum Gasteiger partial charge on any atom is 0.227 e. The number of ether oxygens (including phenoxy) is 1. The van der Waals surface area contributed by atoms with E-state index in [2.05, 4.69) is 20.7 Å². The van der Waals surface area contributed by atoms with Gasteiger partial charge in [0.2, 0.25) is 5.91 Å². The summed E-state index contributed by atoms with van der Waals surface area (Å²) in [7, 11) is 0. The summed E-state index contributed by atoms with van der Waals surface area (Å²) in [4.78, 5) is 12.3. The predicted octanol–water partition coefficient (Wildman–Crippen LogP) is 1.95. The van der Waals surface area contributed by atoms with E-state index >= 15 is 0 Å². The monoisotopic (exact) mass is 286 g/mol. The Morgan fingerprint density at radius 1 is 1.33 bits per heavy atom. The van der Waals surface area contributed by atoms with Crippen LogP contribution in [0.25, 0.3) is 0 Å².